The van der Waals surface area contributed by atoms with E-state index < -0.39 is 0 Å². The molecule has 0 N–H and O–H groups in total. The van der Waals surface area contributed by atoms with Gasteiger partial charge in [-0.25, -0.2) is 4.99 Å². The number of fused-ring (bicyclic) bond motifs is 6. The summed E-state index contributed by atoms with van der Waals surface area (Å²) in [6.45, 7) is 4.31. The van der Waals surface area contributed by atoms with Gasteiger partial charge in [0.2, 0.25) is 0 Å². The largest absolute Gasteiger partial charge is 0.309 e. The first-order chi connectivity index (χ1) is 21.3. The topological polar surface area (TPSA) is 29.6 Å². The van der Waals surface area contributed by atoms with Gasteiger partial charge in [-0.2, -0.15) is 0 Å². The third-order valence-corrected chi connectivity index (χ3v) is 8.56. The van der Waals surface area contributed by atoms with Crippen molar-refractivity contribution in [3.63, 3.8) is 0 Å². The zero-order valence-corrected chi connectivity index (χ0v) is 23.7. The molecule has 7 aromatic rings. The minimum absolute atomic E-state index is 0.578. The average molecular weight is 552 g/mol. The normalized spacial score (nSPS) is 12.4. The van der Waals surface area contributed by atoms with Crippen LogP contribution < -0.4 is 0 Å². The second-order valence-corrected chi connectivity index (χ2v) is 11.1. The Morgan fingerprint density at radius 2 is 1.33 bits per heavy atom. The molecule has 0 saturated carbocycles. The molecule has 1 aliphatic carbocycles. The molecule has 0 atom stereocenters. The predicted octanol–water partition coefficient (Wildman–Crippen LogP) is 9.67. The number of aromatic nitrogens is 1. The molecule has 0 spiro atoms. The summed E-state index contributed by atoms with van der Waals surface area (Å²) in [6, 6.07) is 49.9. The summed E-state index contributed by atoms with van der Waals surface area (Å²) >= 11 is 0. The molecule has 43 heavy (non-hydrogen) atoms. The fourth-order valence-corrected chi connectivity index (χ4v) is 6.51. The molecule has 0 unspecified atom stereocenters. The van der Waals surface area contributed by atoms with Crippen LogP contribution in [0.3, 0.4) is 0 Å². The van der Waals surface area contributed by atoms with E-state index in [0.717, 1.165) is 12.0 Å². The van der Waals surface area contributed by atoms with E-state index in [2.05, 4.69) is 125 Å². The molecule has 0 radical (unpaired) electrons. The van der Waals surface area contributed by atoms with Gasteiger partial charge >= 0.3 is 0 Å². The van der Waals surface area contributed by atoms with Crippen LogP contribution in [-0.2, 0) is 13.0 Å². The SMILES string of the molecule is C=NC(=NCc1ccc2c(c1)Cc1ccc(-c3ccc4c(c3)c3ccccc3n4-c3ccccc3)cc1-2)c1ccccc1. The first kappa shape index (κ1) is 25.2. The van der Waals surface area contributed by atoms with E-state index >= 15 is 0 Å². The highest BCUT2D eigenvalue weighted by molar-refractivity contribution is 6.10. The second kappa shape index (κ2) is 10.4. The highest BCUT2D eigenvalue weighted by Gasteiger charge is 2.20. The van der Waals surface area contributed by atoms with E-state index in [1.807, 2.05) is 30.3 Å². The minimum atomic E-state index is 0.578. The third kappa shape index (κ3) is 4.38. The summed E-state index contributed by atoms with van der Waals surface area (Å²) in [5.74, 6) is 0.679. The van der Waals surface area contributed by atoms with Crippen molar-refractivity contribution >= 4 is 34.4 Å². The molecule has 0 bridgehead atoms. The summed E-state index contributed by atoms with van der Waals surface area (Å²) in [5.41, 5.74) is 13.6. The van der Waals surface area contributed by atoms with Crippen molar-refractivity contribution in [1.29, 1.82) is 0 Å². The smallest absolute Gasteiger partial charge is 0.154 e. The predicted molar refractivity (Wildman–Crippen MR) is 181 cm³/mol. The minimum Gasteiger partial charge on any atom is -0.309 e. The fourth-order valence-electron chi connectivity index (χ4n) is 6.51. The molecule has 0 saturated heterocycles. The lowest BCUT2D eigenvalue weighted by Crippen LogP contribution is -1.97. The van der Waals surface area contributed by atoms with Gasteiger partial charge in [0.25, 0.3) is 0 Å². The maximum absolute atomic E-state index is 4.76. The molecule has 1 heterocycles. The van der Waals surface area contributed by atoms with Crippen LogP contribution >= 0.6 is 0 Å². The Hall–Kier alpha value is -5.54. The third-order valence-electron chi connectivity index (χ3n) is 8.56. The molecule has 0 fully saturated rings. The summed E-state index contributed by atoms with van der Waals surface area (Å²) in [5, 5.41) is 2.54. The molecular formula is C40H29N3. The zero-order chi connectivity index (χ0) is 28.8. The first-order valence-corrected chi connectivity index (χ1v) is 14.7. The van der Waals surface area contributed by atoms with Crippen LogP contribution in [0.15, 0.2) is 150 Å². The van der Waals surface area contributed by atoms with E-state index in [1.54, 1.807) is 0 Å². The molecule has 0 amide bonds. The molecule has 3 heteroatoms. The highest BCUT2D eigenvalue weighted by atomic mass is 15.0. The van der Waals surface area contributed by atoms with Gasteiger partial charge in [0.15, 0.2) is 5.84 Å². The number of rotatable bonds is 5. The fraction of sp³-hybridized carbons (Fsp3) is 0.0500. The van der Waals surface area contributed by atoms with E-state index in [9.17, 15) is 0 Å². The van der Waals surface area contributed by atoms with Gasteiger partial charge in [0.1, 0.15) is 0 Å². The Labute approximate surface area is 251 Å². The lowest BCUT2D eigenvalue weighted by molar-refractivity contribution is 1.05. The number of aliphatic imine (C=N–C) groups is 2. The van der Waals surface area contributed by atoms with Crippen molar-refractivity contribution < 1.29 is 0 Å². The van der Waals surface area contributed by atoms with Crippen molar-refractivity contribution in [3.8, 4) is 27.9 Å². The summed E-state index contributed by atoms with van der Waals surface area (Å²) < 4.78 is 2.36. The summed E-state index contributed by atoms with van der Waals surface area (Å²) in [7, 11) is 0. The number of hydrogen-bond acceptors (Lipinski definition) is 1. The van der Waals surface area contributed by atoms with Gasteiger partial charge in [0.05, 0.1) is 17.6 Å². The second-order valence-electron chi connectivity index (χ2n) is 11.1. The van der Waals surface area contributed by atoms with Crippen molar-refractivity contribution in [1.82, 2.24) is 4.57 Å². The van der Waals surface area contributed by atoms with Crippen LogP contribution in [0.2, 0.25) is 0 Å². The van der Waals surface area contributed by atoms with Gasteiger partial charge in [-0.15, -0.1) is 0 Å². The van der Waals surface area contributed by atoms with Gasteiger partial charge in [-0.05, 0) is 88.5 Å². The molecule has 3 nitrogen and oxygen atoms in total. The van der Waals surface area contributed by atoms with Crippen LogP contribution in [-0.4, -0.2) is 17.1 Å². The highest BCUT2D eigenvalue weighted by Crippen LogP contribution is 2.41. The van der Waals surface area contributed by atoms with Gasteiger partial charge < -0.3 is 4.57 Å². The quantitative estimate of drug-likeness (QED) is 0.151. The molecule has 204 valence electrons. The van der Waals surface area contributed by atoms with Crippen molar-refractivity contribution in [2.24, 2.45) is 9.98 Å². The maximum atomic E-state index is 4.76. The summed E-state index contributed by atoms with van der Waals surface area (Å²) in [6.07, 6.45) is 0.942. The van der Waals surface area contributed by atoms with E-state index in [1.165, 1.54) is 66.4 Å². The Balaban J connectivity index is 1.14. The van der Waals surface area contributed by atoms with E-state index in [-0.39, 0.29) is 0 Å². The van der Waals surface area contributed by atoms with E-state index in [4.69, 9.17) is 4.99 Å². The molecular weight excluding hydrogens is 522 g/mol. The monoisotopic (exact) mass is 551 g/mol. The number of hydrogen-bond donors (Lipinski definition) is 0. The van der Waals surface area contributed by atoms with Gasteiger partial charge in [-0.1, -0.05) is 103 Å². The maximum Gasteiger partial charge on any atom is 0.154 e. The van der Waals surface area contributed by atoms with Crippen LogP contribution in [0.4, 0.5) is 0 Å². The van der Waals surface area contributed by atoms with Crippen molar-refractivity contribution in [3.05, 3.63) is 162 Å². The Bertz CT molecular complexity index is 2190. The number of para-hydroxylation sites is 2. The molecule has 1 aromatic heterocycles. The molecule has 0 aliphatic heterocycles. The average Bonchev–Trinajstić information content (AvgIpc) is 3.60. The lowest BCUT2D eigenvalue weighted by Gasteiger charge is -2.09. The summed E-state index contributed by atoms with van der Waals surface area (Å²) in [4.78, 5) is 8.93. The standard InChI is InChI=1S/C40H29N3/c1-41-40(28-10-4-2-5-11-28)42-26-27-16-20-34-32(22-27)23-31-18-17-29(24-36(31)34)30-19-21-39-37(25-30)35-14-8-9-15-38(35)43(39)33-12-6-3-7-13-33/h2-22,24-25H,1,23,26H2. The number of nitrogens with zero attached hydrogens (tertiary/aromatic N) is 3. The molecule has 6 aromatic carbocycles. The number of amidine groups is 1. The van der Waals surface area contributed by atoms with Gasteiger partial charge in [0, 0.05) is 22.0 Å². The van der Waals surface area contributed by atoms with Crippen molar-refractivity contribution in [2.75, 3.05) is 0 Å². The zero-order valence-electron chi connectivity index (χ0n) is 23.7. The van der Waals surface area contributed by atoms with Gasteiger partial charge in [-0.3, -0.25) is 4.99 Å². The Kier molecular flexibility index (Phi) is 6.08. The molecule has 1 aliphatic rings. The number of benzene rings is 6. The first-order valence-electron chi connectivity index (χ1n) is 14.7. The lowest BCUT2D eigenvalue weighted by atomic mass is 9.97. The van der Waals surface area contributed by atoms with Crippen molar-refractivity contribution in [2.45, 2.75) is 13.0 Å². The Morgan fingerprint density at radius 1 is 0.605 bits per heavy atom. The van der Waals surface area contributed by atoms with Crippen LogP contribution in [0.25, 0.3) is 49.7 Å². The van der Waals surface area contributed by atoms with Crippen LogP contribution in [0.5, 0.6) is 0 Å². The van der Waals surface area contributed by atoms with Crippen LogP contribution in [0.1, 0.15) is 22.3 Å². The molecule has 8 rings (SSSR count). The van der Waals surface area contributed by atoms with E-state index in [0.29, 0.717) is 12.4 Å². The Morgan fingerprint density at radius 3 is 2.16 bits per heavy atom. The van der Waals surface area contributed by atoms with Crippen LogP contribution in [0, 0.1) is 0 Å².